The van der Waals surface area contributed by atoms with E-state index in [1.165, 1.54) is 4.68 Å². The molecule has 0 spiro atoms. The molecule has 2 N–H and O–H groups in total. The van der Waals surface area contributed by atoms with Crippen LogP contribution in [0.1, 0.15) is 81.5 Å². The number of aryl methyl sites for hydroxylation is 1. The van der Waals surface area contributed by atoms with Gasteiger partial charge >= 0.3 is 17.7 Å². The molecule has 1 aliphatic carbocycles. The van der Waals surface area contributed by atoms with Crippen molar-refractivity contribution in [3.63, 3.8) is 0 Å². The third-order valence-electron chi connectivity index (χ3n) is 7.07. The van der Waals surface area contributed by atoms with Gasteiger partial charge in [-0.25, -0.2) is 8.78 Å². The van der Waals surface area contributed by atoms with Gasteiger partial charge < -0.3 is 10.4 Å². The molecule has 0 radical (unpaired) electrons. The molecule has 0 aromatic carbocycles. The van der Waals surface area contributed by atoms with Crippen molar-refractivity contribution in [1.29, 1.82) is 0 Å². The van der Waals surface area contributed by atoms with Gasteiger partial charge in [0.05, 0.1) is 21.7 Å². The van der Waals surface area contributed by atoms with E-state index >= 15 is 0 Å². The van der Waals surface area contributed by atoms with E-state index in [-0.39, 0.29) is 40.8 Å². The molecule has 8 nitrogen and oxygen atoms in total. The maximum absolute atomic E-state index is 14.1. The van der Waals surface area contributed by atoms with Gasteiger partial charge in [-0.15, -0.1) is 0 Å². The number of rotatable bonds is 8. The Hall–Kier alpha value is -2.45. The van der Waals surface area contributed by atoms with Gasteiger partial charge in [0.1, 0.15) is 0 Å². The average Bonchev–Trinajstić information content (AvgIpc) is 3.20. The van der Waals surface area contributed by atoms with Gasteiger partial charge in [0, 0.05) is 42.5 Å². The Bertz CT molecular complexity index is 1220. The molecule has 1 aliphatic rings. The second-order valence-corrected chi connectivity index (χ2v) is 11.1. The Morgan fingerprint density at radius 2 is 1.85 bits per heavy atom. The van der Waals surface area contributed by atoms with E-state index in [0.717, 1.165) is 39.0 Å². The number of pyridine rings is 1. The summed E-state index contributed by atoms with van der Waals surface area (Å²) in [6.07, 6.45) is -4.38. The van der Waals surface area contributed by atoms with Gasteiger partial charge in [-0.2, -0.15) is 26.7 Å². The Kier molecular flexibility index (Phi) is 11.4. The molecular formula is C25H32ClF5N4O4S. The number of aliphatic hydroxyl groups is 1. The number of carbonyl (C=O) groups excluding carboxylic acids is 1. The second-order valence-electron chi connectivity index (χ2n) is 10.6. The average molecular weight is 615 g/mol. The SMILES string of the molecule is CCn1nc(C(=O)NCC2(O)CCC(C)CC2)c(Cl)c1-c1cnc(CC(C)(C)C(F)(F)F)cc1C(F)F.O=S=O. The zero-order chi connectivity index (χ0) is 30.5. The van der Waals surface area contributed by atoms with Crippen LogP contribution in [-0.2, 0) is 24.5 Å². The molecule has 2 heterocycles. The van der Waals surface area contributed by atoms with Crippen LogP contribution in [0.4, 0.5) is 22.0 Å². The Morgan fingerprint density at radius 1 is 1.27 bits per heavy atom. The Balaban J connectivity index is 0.00000178. The topological polar surface area (TPSA) is 114 Å². The number of alkyl halides is 5. The summed E-state index contributed by atoms with van der Waals surface area (Å²) in [6, 6.07) is 0.941. The van der Waals surface area contributed by atoms with Crippen LogP contribution in [-0.4, -0.2) is 52.5 Å². The Labute approximate surface area is 237 Å². The minimum Gasteiger partial charge on any atom is -0.388 e. The van der Waals surface area contributed by atoms with Gasteiger partial charge in [-0.3, -0.25) is 14.5 Å². The molecule has 0 unspecified atom stereocenters. The Morgan fingerprint density at radius 3 is 2.35 bits per heavy atom. The summed E-state index contributed by atoms with van der Waals surface area (Å²) in [4.78, 5) is 16.9. The van der Waals surface area contributed by atoms with Crippen LogP contribution in [0.25, 0.3) is 11.3 Å². The fourth-order valence-corrected chi connectivity index (χ4v) is 4.74. The molecule has 0 saturated heterocycles. The van der Waals surface area contributed by atoms with E-state index in [4.69, 9.17) is 20.0 Å². The van der Waals surface area contributed by atoms with Gasteiger partial charge in [-0.05, 0) is 44.6 Å². The molecule has 40 heavy (non-hydrogen) atoms. The predicted octanol–water partition coefficient (Wildman–Crippen LogP) is 5.69. The standard InChI is InChI=1S/C25H32ClF5N4O2.O2S/c1-5-35-20(17-12-32-15(10-16(17)21(27)28)11-23(3,4)25(29,30)31)18(26)19(34-35)22(36)33-13-24(37)8-6-14(2)7-9-24;1-3-2/h10,12,14,21,37H,5-9,11,13H2,1-4H3,(H,33,36);. The third-order valence-corrected chi connectivity index (χ3v) is 7.42. The number of carbonyl (C=O) groups is 1. The first-order valence-electron chi connectivity index (χ1n) is 12.5. The van der Waals surface area contributed by atoms with E-state index < -0.39 is 53.1 Å². The molecule has 1 amide bonds. The molecule has 224 valence electrons. The highest BCUT2D eigenvalue weighted by atomic mass is 35.5. The lowest BCUT2D eigenvalue weighted by atomic mass is 9.79. The van der Waals surface area contributed by atoms with Gasteiger partial charge in [0.15, 0.2) is 5.69 Å². The maximum atomic E-state index is 14.1. The van der Waals surface area contributed by atoms with Crippen LogP contribution >= 0.6 is 11.6 Å². The van der Waals surface area contributed by atoms with Gasteiger partial charge in [0.2, 0.25) is 0 Å². The molecule has 0 atom stereocenters. The number of nitrogens with zero attached hydrogens (tertiary/aromatic N) is 3. The van der Waals surface area contributed by atoms with Crippen LogP contribution in [0.3, 0.4) is 0 Å². The summed E-state index contributed by atoms with van der Waals surface area (Å²) in [5, 5.41) is 17.4. The number of halogens is 6. The lowest BCUT2D eigenvalue weighted by Gasteiger charge is -2.34. The lowest BCUT2D eigenvalue weighted by Crippen LogP contribution is -2.45. The molecular weight excluding hydrogens is 583 g/mol. The van der Waals surface area contributed by atoms with Crippen molar-refractivity contribution in [3.05, 3.63) is 34.2 Å². The van der Waals surface area contributed by atoms with E-state index in [2.05, 4.69) is 22.3 Å². The zero-order valence-corrected chi connectivity index (χ0v) is 24.0. The monoisotopic (exact) mass is 614 g/mol. The largest absolute Gasteiger partial charge is 0.394 e. The summed E-state index contributed by atoms with van der Waals surface area (Å²) in [5.74, 6) is -0.169. The molecule has 3 rings (SSSR count). The fourth-order valence-electron chi connectivity index (χ4n) is 4.42. The summed E-state index contributed by atoms with van der Waals surface area (Å²) in [5.41, 5.74) is -4.22. The summed E-state index contributed by atoms with van der Waals surface area (Å²) in [6.45, 7) is 5.90. The van der Waals surface area contributed by atoms with Crippen molar-refractivity contribution in [2.75, 3.05) is 6.54 Å². The third kappa shape index (κ3) is 8.06. The first-order valence-corrected chi connectivity index (χ1v) is 13.6. The summed E-state index contributed by atoms with van der Waals surface area (Å²) in [7, 11) is 0. The van der Waals surface area contributed by atoms with E-state index in [0.29, 0.717) is 18.8 Å². The smallest absolute Gasteiger partial charge is 0.388 e. The number of aromatic nitrogens is 3. The van der Waals surface area contributed by atoms with Gasteiger partial charge in [-0.1, -0.05) is 32.4 Å². The second kappa shape index (κ2) is 13.5. The van der Waals surface area contributed by atoms with Crippen LogP contribution in [0, 0.1) is 11.3 Å². The quantitative estimate of drug-likeness (QED) is 0.370. The molecule has 15 heteroatoms. The fraction of sp³-hybridized carbons (Fsp3) is 0.640. The highest BCUT2D eigenvalue weighted by Gasteiger charge is 2.47. The van der Waals surface area contributed by atoms with Crippen molar-refractivity contribution >= 4 is 29.1 Å². The van der Waals surface area contributed by atoms with E-state index in [1.807, 2.05) is 0 Å². The highest BCUT2D eigenvalue weighted by Crippen LogP contribution is 2.42. The first kappa shape index (κ1) is 33.8. The van der Waals surface area contributed by atoms with Crippen LogP contribution in [0.5, 0.6) is 0 Å². The minimum absolute atomic E-state index is 0.00325. The van der Waals surface area contributed by atoms with Crippen LogP contribution < -0.4 is 5.32 Å². The van der Waals surface area contributed by atoms with Crippen molar-refractivity contribution in [2.24, 2.45) is 11.3 Å². The van der Waals surface area contributed by atoms with Crippen molar-refractivity contribution in [3.8, 4) is 11.3 Å². The lowest BCUT2D eigenvalue weighted by molar-refractivity contribution is -0.211. The molecule has 2 aromatic heterocycles. The minimum atomic E-state index is -4.55. The summed E-state index contributed by atoms with van der Waals surface area (Å²) >= 11 is 5.72. The van der Waals surface area contributed by atoms with Crippen molar-refractivity contribution < 1.29 is 40.3 Å². The molecule has 0 bridgehead atoms. The molecule has 0 aliphatic heterocycles. The molecule has 1 saturated carbocycles. The normalized spacial score (nSPS) is 19.6. The first-order chi connectivity index (χ1) is 18.5. The van der Waals surface area contributed by atoms with Crippen LogP contribution in [0.2, 0.25) is 5.02 Å². The molecule has 2 aromatic rings. The number of hydrogen-bond donors (Lipinski definition) is 2. The maximum Gasteiger partial charge on any atom is 0.394 e. The van der Waals surface area contributed by atoms with Crippen molar-refractivity contribution in [1.82, 2.24) is 20.1 Å². The van der Waals surface area contributed by atoms with E-state index in [9.17, 15) is 31.9 Å². The number of nitrogens with one attached hydrogen (secondary N) is 1. The summed E-state index contributed by atoms with van der Waals surface area (Å²) < 4.78 is 85.9. The van der Waals surface area contributed by atoms with E-state index in [1.54, 1.807) is 6.92 Å². The predicted molar refractivity (Wildman–Crippen MR) is 138 cm³/mol. The van der Waals surface area contributed by atoms with Crippen LogP contribution in [0.15, 0.2) is 12.3 Å². The molecule has 1 fully saturated rings. The number of amides is 1. The zero-order valence-electron chi connectivity index (χ0n) is 22.4. The van der Waals surface area contributed by atoms with Gasteiger partial charge in [0.25, 0.3) is 12.3 Å². The highest BCUT2D eigenvalue weighted by molar-refractivity contribution is 7.51. The number of hydrogen-bond acceptors (Lipinski definition) is 6. The van der Waals surface area contributed by atoms with Crippen molar-refractivity contribution in [2.45, 2.75) is 84.5 Å².